The molecule has 3 aliphatic rings. The van der Waals surface area contributed by atoms with Gasteiger partial charge in [0.1, 0.15) is 12.2 Å². The monoisotopic (exact) mass is 913 g/mol. The van der Waals surface area contributed by atoms with Crippen molar-refractivity contribution in [1.29, 1.82) is 0 Å². The van der Waals surface area contributed by atoms with Crippen LogP contribution in [0, 0.1) is 0 Å². The predicted octanol–water partition coefficient (Wildman–Crippen LogP) is 10.8. The molecule has 3 nitrogen and oxygen atoms in total. The third-order valence-electron chi connectivity index (χ3n) is 14.8. The zero-order chi connectivity index (χ0) is 43.2. The fraction of sp³-hybridized carbons (Fsp3) is 0.213. The van der Waals surface area contributed by atoms with Crippen molar-refractivity contribution in [3.8, 4) is 44.5 Å². The number of halogens is 1. The minimum atomic E-state index is -0.846. The summed E-state index contributed by atoms with van der Waals surface area (Å²) in [4.78, 5) is 0. The van der Waals surface area contributed by atoms with E-state index < -0.39 is 16.6 Å². The molecule has 0 amide bonds. The first-order valence-corrected chi connectivity index (χ1v) is 23.2. The average molecular weight is 915 g/mol. The van der Waals surface area contributed by atoms with Crippen molar-refractivity contribution in [3.63, 3.8) is 0 Å². The Bertz CT molecular complexity index is 2460. The molecule has 0 unspecified atom stereocenters. The fourth-order valence-electron chi connectivity index (χ4n) is 11.8. The Hall–Kier alpha value is -5.88. The molecule has 8 aromatic rings. The van der Waals surface area contributed by atoms with Crippen LogP contribution in [-0.2, 0) is 20.3 Å². The van der Waals surface area contributed by atoms with Gasteiger partial charge in [-0.15, -0.1) is 0 Å². The van der Waals surface area contributed by atoms with Gasteiger partial charge in [0.2, 0.25) is 0 Å². The lowest BCUT2D eigenvalue weighted by atomic mass is 9.62. The normalized spacial score (nSPS) is 20.0. The summed E-state index contributed by atoms with van der Waals surface area (Å²) in [5, 5.41) is 0. The number of ether oxygens (including phenoxy) is 2. The van der Waals surface area contributed by atoms with E-state index in [0.29, 0.717) is 0 Å². The number of hydrogen-bond donors (Lipinski definition) is 0. The zero-order valence-electron chi connectivity index (χ0n) is 37.3. The van der Waals surface area contributed by atoms with Crippen molar-refractivity contribution in [3.05, 3.63) is 241 Å². The average Bonchev–Trinajstić information content (AvgIpc) is 3.94. The largest absolute Gasteiger partial charge is 1.00 e. The number of hydrogen-bond acceptors (Lipinski definition) is 2. The van der Waals surface area contributed by atoms with Crippen molar-refractivity contribution in [2.45, 2.75) is 55.5 Å². The topological polar surface area (TPSA) is 18.5 Å². The molecular weight excluding hydrogens is 859 g/mol. The highest BCUT2D eigenvalue weighted by molar-refractivity contribution is 5.68. The minimum absolute atomic E-state index is 0. The van der Waals surface area contributed by atoms with E-state index >= 15 is 0 Å². The quantitative estimate of drug-likeness (QED) is 0.141. The lowest BCUT2D eigenvalue weighted by Gasteiger charge is -2.46. The van der Waals surface area contributed by atoms with Gasteiger partial charge in [0.15, 0.2) is 5.79 Å². The highest BCUT2D eigenvalue weighted by Crippen LogP contribution is 2.57. The van der Waals surface area contributed by atoms with Gasteiger partial charge in [0.25, 0.3) is 0 Å². The number of fused-ring (bicyclic) bond motifs is 1. The molecule has 1 spiro atoms. The van der Waals surface area contributed by atoms with E-state index in [2.05, 4.69) is 232 Å². The Kier molecular flexibility index (Phi) is 11.6. The summed E-state index contributed by atoms with van der Waals surface area (Å²) in [7, 11) is 0. The first kappa shape index (κ1) is 43.0. The van der Waals surface area contributed by atoms with Crippen molar-refractivity contribution < 1.29 is 30.9 Å². The molecule has 3 saturated heterocycles. The Morgan fingerprint density at radius 2 is 0.569 bits per heavy atom. The summed E-state index contributed by atoms with van der Waals surface area (Å²) in [6, 6.07) is 80.9. The second-order valence-electron chi connectivity index (χ2n) is 19.0. The van der Waals surface area contributed by atoms with Crippen LogP contribution in [0.4, 0.5) is 0 Å². The summed E-state index contributed by atoms with van der Waals surface area (Å²) in [5.74, 6) is -0.846. The van der Waals surface area contributed by atoms with Crippen LogP contribution in [0.1, 0.15) is 48.9 Å². The number of benzene rings is 8. The van der Waals surface area contributed by atoms with E-state index in [-0.39, 0.29) is 29.2 Å². The van der Waals surface area contributed by atoms with Crippen LogP contribution in [0.2, 0.25) is 0 Å². The van der Waals surface area contributed by atoms with Gasteiger partial charge < -0.3 is 30.9 Å². The van der Waals surface area contributed by atoms with Crippen LogP contribution in [0.15, 0.2) is 218 Å². The summed E-state index contributed by atoms with van der Waals surface area (Å²) >= 11 is 0. The molecule has 0 radical (unpaired) electrons. The van der Waals surface area contributed by atoms with Crippen molar-refractivity contribution in [2.75, 3.05) is 26.2 Å². The van der Waals surface area contributed by atoms with E-state index in [0.717, 1.165) is 30.7 Å². The minimum Gasteiger partial charge on any atom is -1.00 e. The van der Waals surface area contributed by atoms with Gasteiger partial charge in [-0.3, -0.25) is 0 Å². The van der Waals surface area contributed by atoms with Crippen LogP contribution in [-0.4, -0.2) is 48.7 Å². The van der Waals surface area contributed by atoms with E-state index in [4.69, 9.17) is 9.47 Å². The van der Waals surface area contributed by atoms with Crippen LogP contribution in [0.25, 0.3) is 44.5 Å². The third-order valence-corrected chi connectivity index (χ3v) is 14.8. The summed E-state index contributed by atoms with van der Waals surface area (Å²) in [6.07, 6.45) is 1.70. The molecule has 65 heavy (non-hydrogen) atoms. The van der Waals surface area contributed by atoms with Crippen LogP contribution in [0.5, 0.6) is 0 Å². The molecule has 4 heteroatoms. The first-order chi connectivity index (χ1) is 31.3. The molecule has 8 aromatic carbocycles. The first-order valence-electron chi connectivity index (χ1n) is 23.2. The molecule has 11 rings (SSSR count). The number of nitrogens with zero attached hydrogens (tertiary/aromatic N) is 1. The molecule has 2 atom stereocenters. The Balaban J connectivity index is 0.00000498. The van der Waals surface area contributed by atoms with Gasteiger partial charge in [-0.2, -0.15) is 0 Å². The summed E-state index contributed by atoms with van der Waals surface area (Å²) in [5.41, 5.74) is 13.7. The SMILES string of the molecule is CC1(C)O[C@@H]2[C@@H](O1)C(c1ccc(-c3ccccc3)cc1)(c1ccc(-c3ccccc3)cc1)C[N+]1(CCCC1)CC2(c1ccc(-c2ccccc2)cc1)c1ccc(-c2ccccc2)cc1.[Br-]. The van der Waals surface area contributed by atoms with Gasteiger partial charge in [-0.1, -0.05) is 218 Å². The number of quaternary nitrogens is 1. The molecule has 3 aliphatic heterocycles. The number of rotatable bonds is 8. The van der Waals surface area contributed by atoms with Gasteiger partial charge in [0.05, 0.1) is 37.0 Å². The summed E-state index contributed by atoms with van der Waals surface area (Å²) < 4.78 is 16.2. The third kappa shape index (κ3) is 7.81. The fourth-order valence-corrected chi connectivity index (χ4v) is 11.8. The molecule has 0 N–H and O–H groups in total. The predicted molar refractivity (Wildman–Crippen MR) is 262 cm³/mol. The van der Waals surface area contributed by atoms with E-state index in [1.807, 2.05) is 0 Å². The van der Waals surface area contributed by atoms with Crippen molar-refractivity contribution in [1.82, 2.24) is 0 Å². The van der Waals surface area contributed by atoms with Crippen molar-refractivity contribution >= 4 is 0 Å². The maximum Gasteiger partial charge on any atom is 0.163 e. The Morgan fingerprint density at radius 1 is 0.338 bits per heavy atom. The van der Waals surface area contributed by atoms with Crippen LogP contribution in [0.3, 0.4) is 0 Å². The Labute approximate surface area is 395 Å². The second kappa shape index (κ2) is 17.5. The molecule has 0 saturated carbocycles. The lowest BCUT2D eigenvalue weighted by molar-refractivity contribution is -0.922. The van der Waals surface area contributed by atoms with Gasteiger partial charge in [0, 0.05) is 12.8 Å². The maximum absolute atomic E-state index is 7.64. The van der Waals surface area contributed by atoms with Gasteiger partial charge >= 0.3 is 0 Å². The standard InChI is InChI=1S/C61H56NO2.BrH/c1-59(2)63-57-58(64-59)61(55-37-29-51(30-38-55)47-21-11-5-12-22-47,56-39-31-52(32-40-56)48-23-13-6-14-24-48)44-62(41-15-16-42-62)43-60(57,53-33-25-49(26-34-53)45-17-7-3-8-18-45)54-35-27-50(28-36-54)46-19-9-4-10-20-46;/h3-14,17-40,57-58H,15-16,41-44H2,1-2H3;1H/q+1;/p-1/t57-,58-;/m1./s1. The highest BCUT2D eigenvalue weighted by atomic mass is 79.9. The second-order valence-corrected chi connectivity index (χ2v) is 19.0. The van der Waals surface area contributed by atoms with Crippen LogP contribution >= 0.6 is 0 Å². The molecule has 0 aliphatic carbocycles. The van der Waals surface area contributed by atoms with Gasteiger partial charge in [-0.05, 0) is 80.6 Å². The smallest absolute Gasteiger partial charge is 0.163 e. The maximum atomic E-state index is 7.64. The molecule has 3 fully saturated rings. The van der Waals surface area contributed by atoms with E-state index in [9.17, 15) is 0 Å². The molecule has 0 bridgehead atoms. The zero-order valence-corrected chi connectivity index (χ0v) is 38.9. The van der Waals surface area contributed by atoms with Gasteiger partial charge in [-0.25, -0.2) is 0 Å². The highest BCUT2D eigenvalue weighted by Gasteiger charge is 2.68. The molecule has 3 heterocycles. The van der Waals surface area contributed by atoms with Crippen LogP contribution < -0.4 is 17.0 Å². The molecule has 0 aromatic heterocycles. The van der Waals surface area contributed by atoms with E-state index in [1.54, 1.807) is 0 Å². The Morgan fingerprint density at radius 3 is 0.815 bits per heavy atom. The summed E-state index contributed by atoms with van der Waals surface area (Å²) in [6.45, 7) is 8.25. The molecule has 324 valence electrons. The van der Waals surface area contributed by atoms with E-state index in [1.165, 1.54) is 79.6 Å². The van der Waals surface area contributed by atoms with Crippen molar-refractivity contribution in [2.24, 2.45) is 0 Å². The molecular formula is C61H56BrNO2. The lowest BCUT2D eigenvalue weighted by Crippen LogP contribution is -3.00.